The summed E-state index contributed by atoms with van der Waals surface area (Å²) in [6.07, 6.45) is 3.00. The number of nitrogens with two attached hydrogens (primary N) is 1. The second kappa shape index (κ2) is 4.57. The zero-order valence-corrected chi connectivity index (χ0v) is 9.08. The predicted molar refractivity (Wildman–Crippen MR) is 54.1 cm³/mol. The number of hydrogen-bond acceptors (Lipinski definition) is 4. The smallest absolute Gasteiger partial charge is 0.111 e. The van der Waals surface area contributed by atoms with E-state index < -0.39 is 11.1 Å². The maximum atomic E-state index is 9.28. The van der Waals surface area contributed by atoms with Crippen molar-refractivity contribution in [2.45, 2.75) is 37.3 Å². The fraction of sp³-hybridized carbons (Fsp3) is 1.00. The Bertz CT molecular complexity index is 171. The second-order valence-corrected chi connectivity index (χ2v) is 4.31. The Morgan fingerprint density at radius 3 is 2.71 bits per heavy atom. The van der Waals surface area contributed by atoms with Crippen LogP contribution in [0.25, 0.3) is 0 Å². The lowest BCUT2D eigenvalue weighted by Gasteiger charge is -2.47. The second-order valence-electron chi connectivity index (χ2n) is 4.31. The van der Waals surface area contributed by atoms with Crippen molar-refractivity contribution < 1.29 is 14.6 Å². The quantitative estimate of drug-likeness (QED) is 0.689. The molecule has 0 radical (unpaired) electrons. The molecule has 0 aromatic heterocycles. The molecule has 1 rings (SSSR count). The van der Waals surface area contributed by atoms with Crippen molar-refractivity contribution in [2.75, 3.05) is 26.9 Å². The molecule has 0 bridgehead atoms. The average Bonchev–Trinajstić information content (AvgIpc) is 2.19. The molecule has 1 fully saturated rings. The first-order valence-corrected chi connectivity index (χ1v) is 5.11. The highest BCUT2D eigenvalue weighted by atomic mass is 16.5. The number of rotatable bonds is 4. The summed E-state index contributed by atoms with van der Waals surface area (Å²) >= 11 is 0. The van der Waals surface area contributed by atoms with Gasteiger partial charge >= 0.3 is 0 Å². The van der Waals surface area contributed by atoms with Gasteiger partial charge in [0, 0.05) is 13.7 Å². The van der Waals surface area contributed by atoms with Crippen LogP contribution in [0.4, 0.5) is 0 Å². The summed E-state index contributed by atoms with van der Waals surface area (Å²) in [6.45, 7) is 2.88. The largest absolute Gasteiger partial charge is 0.394 e. The number of aliphatic hydroxyl groups excluding tert-OH is 1. The molecule has 84 valence electrons. The molecule has 4 heteroatoms. The van der Waals surface area contributed by atoms with Crippen molar-refractivity contribution in [3.8, 4) is 0 Å². The maximum absolute atomic E-state index is 9.28. The van der Waals surface area contributed by atoms with Gasteiger partial charge in [-0.1, -0.05) is 0 Å². The SMILES string of the molecule is COCC1(C(C)(N)CO)CCCCO1. The molecule has 0 amide bonds. The van der Waals surface area contributed by atoms with Crippen molar-refractivity contribution in [1.29, 1.82) is 0 Å². The molecule has 14 heavy (non-hydrogen) atoms. The topological polar surface area (TPSA) is 64.7 Å². The summed E-state index contributed by atoms with van der Waals surface area (Å²) < 4.78 is 10.9. The lowest BCUT2D eigenvalue weighted by molar-refractivity contribution is -0.162. The summed E-state index contributed by atoms with van der Waals surface area (Å²) in [4.78, 5) is 0. The van der Waals surface area contributed by atoms with Crippen LogP contribution in [0, 0.1) is 0 Å². The standard InChI is InChI=1S/C10H21NO3/c1-9(11,7-12)10(8-13-2)5-3-4-6-14-10/h12H,3-8,11H2,1-2H3. The van der Waals surface area contributed by atoms with Crippen LogP contribution < -0.4 is 5.73 Å². The van der Waals surface area contributed by atoms with Gasteiger partial charge in [0.15, 0.2) is 0 Å². The first kappa shape index (κ1) is 11.9. The van der Waals surface area contributed by atoms with E-state index in [2.05, 4.69) is 0 Å². The highest BCUT2D eigenvalue weighted by molar-refractivity contribution is 5.03. The van der Waals surface area contributed by atoms with Crippen molar-refractivity contribution >= 4 is 0 Å². The zero-order valence-electron chi connectivity index (χ0n) is 9.08. The number of hydrogen-bond donors (Lipinski definition) is 2. The van der Waals surface area contributed by atoms with E-state index in [-0.39, 0.29) is 6.61 Å². The highest BCUT2D eigenvalue weighted by Gasteiger charge is 2.47. The molecule has 1 saturated heterocycles. The first-order chi connectivity index (χ1) is 6.58. The third-order valence-corrected chi connectivity index (χ3v) is 3.10. The monoisotopic (exact) mass is 203 g/mol. The van der Waals surface area contributed by atoms with Crippen molar-refractivity contribution in [1.82, 2.24) is 0 Å². The van der Waals surface area contributed by atoms with Gasteiger partial charge in [-0.3, -0.25) is 0 Å². The van der Waals surface area contributed by atoms with Crippen LogP contribution in [-0.4, -0.2) is 43.2 Å². The fourth-order valence-electron chi connectivity index (χ4n) is 1.96. The Labute approximate surface area is 85.4 Å². The van der Waals surface area contributed by atoms with Gasteiger partial charge in [0.05, 0.1) is 18.8 Å². The molecule has 2 unspecified atom stereocenters. The molecule has 0 aromatic carbocycles. The van der Waals surface area contributed by atoms with Crippen LogP contribution in [0.3, 0.4) is 0 Å². The van der Waals surface area contributed by atoms with E-state index in [9.17, 15) is 5.11 Å². The number of methoxy groups -OCH3 is 1. The van der Waals surface area contributed by atoms with E-state index >= 15 is 0 Å². The summed E-state index contributed by atoms with van der Waals surface area (Å²) in [5.41, 5.74) is 4.81. The zero-order chi connectivity index (χ0) is 10.7. The van der Waals surface area contributed by atoms with Gasteiger partial charge in [-0.15, -0.1) is 0 Å². The predicted octanol–water partition coefficient (Wildman–Crippen LogP) is 0.282. The minimum atomic E-state index is -0.733. The Kier molecular flexibility index (Phi) is 3.89. The van der Waals surface area contributed by atoms with Crippen LogP contribution >= 0.6 is 0 Å². The minimum absolute atomic E-state index is 0.0869. The molecular weight excluding hydrogens is 182 g/mol. The first-order valence-electron chi connectivity index (χ1n) is 5.11. The van der Waals surface area contributed by atoms with Gasteiger partial charge in [-0.2, -0.15) is 0 Å². The normalized spacial score (nSPS) is 32.6. The van der Waals surface area contributed by atoms with Crippen LogP contribution in [0.1, 0.15) is 26.2 Å². The molecule has 0 aromatic rings. The molecule has 4 nitrogen and oxygen atoms in total. The van der Waals surface area contributed by atoms with Crippen molar-refractivity contribution in [3.63, 3.8) is 0 Å². The van der Waals surface area contributed by atoms with Gasteiger partial charge in [-0.25, -0.2) is 0 Å². The molecule has 0 aliphatic carbocycles. The summed E-state index contributed by atoms with van der Waals surface area (Å²) in [5, 5.41) is 9.28. The molecule has 0 spiro atoms. The number of aliphatic hydroxyl groups is 1. The molecule has 2 atom stereocenters. The van der Waals surface area contributed by atoms with Crippen LogP contribution in [0.15, 0.2) is 0 Å². The summed E-state index contributed by atoms with van der Waals surface area (Å²) in [5.74, 6) is 0. The van der Waals surface area contributed by atoms with E-state index in [1.807, 2.05) is 6.92 Å². The van der Waals surface area contributed by atoms with E-state index in [1.54, 1.807) is 7.11 Å². The molecular formula is C10H21NO3. The molecule has 1 heterocycles. The van der Waals surface area contributed by atoms with E-state index in [1.165, 1.54) is 0 Å². The van der Waals surface area contributed by atoms with Crippen molar-refractivity contribution in [3.05, 3.63) is 0 Å². The van der Waals surface area contributed by atoms with E-state index in [0.29, 0.717) is 13.2 Å². The third kappa shape index (κ3) is 2.08. The van der Waals surface area contributed by atoms with Crippen LogP contribution in [-0.2, 0) is 9.47 Å². The maximum Gasteiger partial charge on any atom is 0.111 e. The van der Waals surface area contributed by atoms with Crippen LogP contribution in [0.2, 0.25) is 0 Å². The van der Waals surface area contributed by atoms with E-state index in [4.69, 9.17) is 15.2 Å². The molecule has 1 aliphatic rings. The average molecular weight is 203 g/mol. The highest BCUT2D eigenvalue weighted by Crippen LogP contribution is 2.33. The Morgan fingerprint density at radius 2 is 2.29 bits per heavy atom. The third-order valence-electron chi connectivity index (χ3n) is 3.10. The summed E-state index contributed by atoms with van der Waals surface area (Å²) in [6, 6.07) is 0. The molecule has 0 saturated carbocycles. The lowest BCUT2D eigenvalue weighted by Crippen LogP contribution is -2.65. The van der Waals surface area contributed by atoms with Gasteiger partial charge in [0.25, 0.3) is 0 Å². The van der Waals surface area contributed by atoms with E-state index in [0.717, 1.165) is 19.3 Å². The Hall–Kier alpha value is -0.160. The molecule has 3 N–H and O–H groups in total. The van der Waals surface area contributed by atoms with Gasteiger partial charge in [0.2, 0.25) is 0 Å². The van der Waals surface area contributed by atoms with Gasteiger partial charge in [-0.05, 0) is 26.2 Å². The molecule has 1 aliphatic heterocycles. The summed E-state index contributed by atoms with van der Waals surface area (Å²) in [7, 11) is 1.63. The Balaban J connectivity index is 2.78. The lowest BCUT2D eigenvalue weighted by atomic mass is 9.77. The Morgan fingerprint density at radius 1 is 1.57 bits per heavy atom. The van der Waals surface area contributed by atoms with Gasteiger partial charge < -0.3 is 20.3 Å². The fourth-order valence-corrected chi connectivity index (χ4v) is 1.96. The van der Waals surface area contributed by atoms with Crippen LogP contribution in [0.5, 0.6) is 0 Å². The van der Waals surface area contributed by atoms with Crippen molar-refractivity contribution in [2.24, 2.45) is 5.73 Å². The van der Waals surface area contributed by atoms with Gasteiger partial charge in [0.1, 0.15) is 5.60 Å². The number of ether oxygens (including phenoxy) is 2. The minimum Gasteiger partial charge on any atom is -0.394 e.